The third-order valence-electron chi connectivity index (χ3n) is 3.70. The predicted octanol–water partition coefficient (Wildman–Crippen LogP) is 4.08. The maximum Gasteiger partial charge on any atom is 0.303 e. The first-order valence-electron chi connectivity index (χ1n) is 6.69. The SMILES string of the molecule is CC(=O)OC1(c2ccc(F)c(F)c2)CCCCCC1. The maximum absolute atomic E-state index is 13.4. The zero-order valence-corrected chi connectivity index (χ0v) is 11.0. The fourth-order valence-corrected chi connectivity index (χ4v) is 2.80. The number of benzene rings is 1. The Kier molecular flexibility index (Phi) is 4.17. The van der Waals surface area contributed by atoms with Gasteiger partial charge >= 0.3 is 5.97 Å². The van der Waals surface area contributed by atoms with E-state index in [1.165, 1.54) is 13.0 Å². The van der Waals surface area contributed by atoms with Gasteiger partial charge in [0.05, 0.1) is 0 Å². The lowest BCUT2D eigenvalue weighted by molar-refractivity contribution is -0.160. The van der Waals surface area contributed by atoms with Crippen LogP contribution in [0.1, 0.15) is 51.0 Å². The van der Waals surface area contributed by atoms with E-state index >= 15 is 0 Å². The zero-order chi connectivity index (χ0) is 13.9. The Hall–Kier alpha value is -1.45. The Morgan fingerprint density at radius 1 is 1.11 bits per heavy atom. The monoisotopic (exact) mass is 268 g/mol. The van der Waals surface area contributed by atoms with Crippen molar-refractivity contribution in [1.82, 2.24) is 0 Å². The van der Waals surface area contributed by atoms with Crippen molar-refractivity contribution in [3.8, 4) is 0 Å². The first kappa shape index (κ1) is 14.0. The molecule has 0 radical (unpaired) electrons. The highest BCUT2D eigenvalue weighted by Gasteiger charge is 2.36. The molecule has 1 saturated carbocycles. The number of halogens is 2. The molecule has 0 aromatic heterocycles. The smallest absolute Gasteiger partial charge is 0.303 e. The lowest BCUT2D eigenvalue weighted by Gasteiger charge is -2.32. The van der Waals surface area contributed by atoms with Gasteiger partial charge in [-0.2, -0.15) is 0 Å². The molecule has 0 spiro atoms. The van der Waals surface area contributed by atoms with Crippen LogP contribution in [0, 0.1) is 11.6 Å². The van der Waals surface area contributed by atoms with Gasteiger partial charge < -0.3 is 4.74 Å². The number of rotatable bonds is 2. The highest BCUT2D eigenvalue weighted by atomic mass is 19.2. The van der Waals surface area contributed by atoms with Crippen LogP contribution in [0.3, 0.4) is 0 Å². The first-order chi connectivity index (χ1) is 9.03. The largest absolute Gasteiger partial charge is 0.454 e. The van der Waals surface area contributed by atoms with Crippen LogP contribution in [-0.2, 0) is 15.1 Å². The quantitative estimate of drug-likeness (QED) is 0.597. The number of hydrogen-bond acceptors (Lipinski definition) is 2. The predicted molar refractivity (Wildman–Crippen MR) is 67.5 cm³/mol. The summed E-state index contributed by atoms with van der Waals surface area (Å²) in [5, 5.41) is 0. The van der Waals surface area contributed by atoms with E-state index < -0.39 is 17.2 Å². The number of hydrogen-bond donors (Lipinski definition) is 0. The van der Waals surface area contributed by atoms with Gasteiger partial charge in [-0.3, -0.25) is 4.79 Å². The van der Waals surface area contributed by atoms with Gasteiger partial charge in [-0.1, -0.05) is 18.9 Å². The van der Waals surface area contributed by atoms with Crippen LogP contribution < -0.4 is 0 Å². The minimum Gasteiger partial charge on any atom is -0.454 e. The fourth-order valence-electron chi connectivity index (χ4n) is 2.80. The second-order valence-electron chi connectivity index (χ2n) is 5.13. The molecular weight excluding hydrogens is 250 g/mol. The molecular formula is C15H18F2O2. The average molecular weight is 268 g/mol. The summed E-state index contributed by atoms with van der Waals surface area (Å²) in [4.78, 5) is 11.4. The number of carbonyl (C=O) groups excluding carboxylic acids is 1. The molecule has 1 aromatic carbocycles. The fraction of sp³-hybridized carbons (Fsp3) is 0.533. The molecule has 0 saturated heterocycles. The van der Waals surface area contributed by atoms with Gasteiger partial charge in [0, 0.05) is 6.92 Å². The highest BCUT2D eigenvalue weighted by molar-refractivity contribution is 5.66. The van der Waals surface area contributed by atoms with Crippen LogP contribution >= 0.6 is 0 Å². The third-order valence-corrected chi connectivity index (χ3v) is 3.70. The highest BCUT2D eigenvalue weighted by Crippen LogP contribution is 2.40. The Balaban J connectivity index is 2.39. The van der Waals surface area contributed by atoms with Gasteiger partial charge in [0.1, 0.15) is 5.60 Å². The van der Waals surface area contributed by atoms with Crippen molar-refractivity contribution in [2.45, 2.75) is 51.0 Å². The minimum absolute atomic E-state index is 0.383. The lowest BCUT2D eigenvalue weighted by Crippen LogP contribution is -2.31. The summed E-state index contributed by atoms with van der Waals surface area (Å²) in [6.07, 6.45) is 5.33. The molecule has 0 atom stereocenters. The molecule has 2 nitrogen and oxygen atoms in total. The summed E-state index contributed by atoms with van der Waals surface area (Å²) in [6, 6.07) is 3.77. The van der Waals surface area contributed by atoms with Crippen molar-refractivity contribution < 1.29 is 18.3 Å². The van der Waals surface area contributed by atoms with E-state index in [2.05, 4.69) is 0 Å². The van der Waals surface area contributed by atoms with Crippen molar-refractivity contribution in [1.29, 1.82) is 0 Å². The summed E-state index contributed by atoms with van der Waals surface area (Å²) in [7, 11) is 0. The molecule has 0 N–H and O–H groups in total. The van der Waals surface area contributed by atoms with Crippen LogP contribution in [0.15, 0.2) is 18.2 Å². The minimum atomic E-state index is -0.895. The van der Waals surface area contributed by atoms with E-state index in [1.54, 1.807) is 0 Å². The zero-order valence-electron chi connectivity index (χ0n) is 11.0. The van der Waals surface area contributed by atoms with Gasteiger partial charge in [0.2, 0.25) is 0 Å². The van der Waals surface area contributed by atoms with E-state index in [0.29, 0.717) is 18.4 Å². The molecule has 2 rings (SSSR count). The lowest BCUT2D eigenvalue weighted by atomic mass is 9.86. The van der Waals surface area contributed by atoms with E-state index in [1.807, 2.05) is 0 Å². The molecule has 104 valence electrons. The molecule has 0 aliphatic heterocycles. The Morgan fingerprint density at radius 3 is 2.26 bits per heavy atom. The van der Waals surface area contributed by atoms with Crippen LogP contribution in [0.25, 0.3) is 0 Å². The molecule has 0 amide bonds. The van der Waals surface area contributed by atoms with E-state index in [4.69, 9.17) is 4.74 Å². The second kappa shape index (κ2) is 5.68. The van der Waals surface area contributed by atoms with Crippen LogP contribution in [0.5, 0.6) is 0 Å². The van der Waals surface area contributed by atoms with Crippen molar-refractivity contribution in [3.05, 3.63) is 35.4 Å². The molecule has 0 bridgehead atoms. The van der Waals surface area contributed by atoms with Crippen LogP contribution in [-0.4, -0.2) is 5.97 Å². The van der Waals surface area contributed by atoms with E-state index in [9.17, 15) is 13.6 Å². The number of ether oxygens (including phenoxy) is 1. The summed E-state index contributed by atoms with van der Waals surface area (Å²) in [5.41, 5.74) is -0.236. The Labute approximate surface area is 111 Å². The molecule has 0 unspecified atom stereocenters. The third kappa shape index (κ3) is 3.11. The average Bonchev–Trinajstić information content (AvgIpc) is 2.58. The normalized spacial score (nSPS) is 18.7. The van der Waals surface area contributed by atoms with Crippen molar-refractivity contribution in [2.75, 3.05) is 0 Å². The number of carbonyl (C=O) groups is 1. The van der Waals surface area contributed by atoms with Gasteiger partial charge in [-0.05, 0) is 43.4 Å². The van der Waals surface area contributed by atoms with E-state index in [-0.39, 0.29) is 5.97 Å². The van der Waals surface area contributed by atoms with Crippen molar-refractivity contribution in [3.63, 3.8) is 0 Å². The maximum atomic E-state index is 13.4. The molecule has 0 heterocycles. The summed E-state index contributed by atoms with van der Waals surface area (Å²) < 4.78 is 32.0. The molecule has 1 aliphatic rings. The van der Waals surface area contributed by atoms with Crippen molar-refractivity contribution >= 4 is 5.97 Å². The standard InChI is InChI=1S/C15H18F2O2/c1-11(18)19-15(8-4-2-3-5-9-15)12-6-7-13(16)14(17)10-12/h6-7,10H,2-5,8-9H2,1H3. The number of esters is 1. The van der Waals surface area contributed by atoms with Gasteiger partial charge in [0.15, 0.2) is 11.6 Å². The first-order valence-corrected chi connectivity index (χ1v) is 6.69. The van der Waals surface area contributed by atoms with Gasteiger partial charge in [-0.15, -0.1) is 0 Å². The summed E-state index contributed by atoms with van der Waals surface area (Å²) in [5.74, 6) is -2.16. The molecule has 4 heteroatoms. The van der Waals surface area contributed by atoms with Gasteiger partial charge in [-0.25, -0.2) is 8.78 Å². The molecule has 1 fully saturated rings. The molecule has 1 aliphatic carbocycles. The van der Waals surface area contributed by atoms with E-state index in [0.717, 1.165) is 37.8 Å². The Morgan fingerprint density at radius 2 is 1.74 bits per heavy atom. The summed E-state index contributed by atoms with van der Waals surface area (Å²) >= 11 is 0. The Bertz CT molecular complexity index is 463. The van der Waals surface area contributed by atoms with Crippen LogP contribution in [0.4, 0.5) is 8.78 Å². The molecule has 19 heavy (non-hydrogen) atoms. The van der Waals surface area contributed by atoms with Crippen LogP contribution in [0.2, 0.25) is 0 Å². The second-order valence-corrected chi connectivity index (χ2v) is 5.13. The summed E-state index contributed by atoms with van der Waals surface area (Å²) in [6.45, 7) is 1.35. The van der Waals surface area contributed by atoms with Crippen molar-refractivity contribution in [2.24, 2.45) is 0 Å². The van der Waals surface area contributed by atoms with Gasteiger partial charge in [0.25, 0.3) is 0 Å². The molecule has 1 aromatic rings. The topological polar surface area (TPSA) is 26.3 Å².